The Bertz CT molecular complexity index is 31.6. The van der Waals surface area contributed by atoms with E-state index in [9.17, 15) is 8.78 Å². The molecule has 0 aromatic carbocycles. The summed E-state index contributed by atoms with van der Waals surface area (Å²) in [6.45, 7) is 4.63. The van der Waals surface area contributed by atoms with Gasteiger partial charge in [0.25, 0.3) is 0 Å². The normalized spacial score (nSPS) is 6.00. The zero-order valence-electron chi connectivity index (χ0n) is 6.02. The molecule has 0 aromatic rings. The minimum Gasteiger partial charge on any atom is -0.520 e. The average Bonchev–Trinajstić information content (AvgIpc) is 1.71. The number of halogens is 2. The Morgan fingerprint density at radius 3 is 1.80 bits per heavy atom. The standard InChI is InChI=1S/C3H6FO.C2H4F.2Y/c1-2-5-3-4;1-2-3;;/h3H,2H2,1H3;1-2H2;;/q2*-1;;. The Labute approximate surface area is 111 Å². The Morgan fingerprint density at radius 2 is 1.80 bits per heavy atom. The van der Waals surface area contributed by atoms with Gasteiger partial charge in [-0.05, 0) is 13.6 Å². The number of hydrogen-bond donors (Lipinski definition) is 0. The third-order valence-corrected chi connectivity index (χ3v) is 0.230. The van der Waals surface area contributed by atoms with Gasteiger partial charge in [-0.2, -0.15) is 0 Å². The molecule has 0 rings (SSSR count). The zero-order chi connectivity index (χ0) is 6.83. The first-order valence-electron chi connectivity index (χ1n) is 2.22. The Hall–Kier alpha value is 2.03. The first kappa shape index (κ1) is 22.7. The predicted octanol–water partition coefficient (Wildman–Crippen LogP) is 1.90. The summed E-state index contributed by atoms with van der Waals surface area (Å²) < 4.78 is 24.9. The molecule has 2 radical (unpaired) electrons. The molecule has 1 nitrogen and oxygen atoms in total. The number of hydrogen-bond acceptors (Lipinski definition) is 1. The minimum atomic E-state index is -0.500. The second kappa shape index (κ2) is 30.5. The molecule has 0 saturated carbocycles. The monoisotopic (exact) mass is 302 g/mol. The smallest absolute Gasteiger partial charge is 0.0104 e. The van der Waals surface area contributed by atoms with Gasteiger partial charge in [-0.1, -0.05) is 6.86 Å². The van der Waals surface area contributed by atoms with Crippen molar-refractivity contribution >= 4 is 0 Å². The van der Waals surface area contributed by atoms with Crippen LogP contribution in [0.25, 0.3) is 0 Å². The van der Waals surface area contributed by atoms with E-state index in [1.807, 2.05) is 0 Å². The van der Waals surface area contributed by atoms with Gasteiger partial charge in [0.2, 0.25) is 0 Å². The van der Waals surface area contributed by atoms with Crippen LogP contribution in [0.15, 0.2) is 0 Å². The van der Waals surface area contributed by atoms with Crippen LogP contribution in [-0.2, 0) is 70.2 Å². The summed E-state index contributed by atoms with van der Waals surface area (Å²) in [4.78, 5) is 0. The Kier molecular flexibility index (Phi) is 69.3. The molecule has 0 aromatic heterocycles. The summed E-state index contributed by atoms with van der Waals surface area (Å²) in [6, 6.07) is 0. The summed E-state index contributed by atoms with van der Waals surface area (Å²) in [5, 5.41) is 0. The fraction of sp³-hybridized carbons (Fsp3) is 0.600. The van der Waals surface area contributed by atoms with Crippen LogP contribution in [0.2, 0.25) is 0 Å². The molecule has 10 heavy (non-hydrogen) atoms. The Morgan fingerprint density at radius 1 is 1.50 bits per heavy atom. The first-order valence-corrected chi connectivity index (χ1v) is 2.22. The quantitative estimate of drug-likeness (QED) is 0.708. The Balaban J connectivity index is -0.0000000326. The van der Waals surface area contributed by atoms with Crippen LogP contribution in [0.5, 0.6) is 0 Å². The maximum absolute atomic E-state index is 10.6. The third kappa shape index (κ3) is 50.4. The second-order valence-corrected chi connectivity index (χ2v) is 0.733. The molecule has 0 spiro atoms. The average molecular weight is 302 g/mol. The summed E-state index contributed by atoms with van der Waals surface area (Å²) in [6.07, 6.45) is 0. The molecule has 0 bridgehead atoms. The molecular weight excluding hydrogens is 292 g/mol. The fourth-order valence-corrected chi connectivity index (χ4v) is 0.0630. The molecule has 0 unspecified atom stereocenters. The van der Waals surface area contributed by atoms with E-state index in [1.54, 1.807) is 6.92 Å². The van der Waals surface area contributed by atoms with E-state index < -0.39 is 6.67 Å². The van der Waals surface area contributed by atoms with Crippen LogP contribution in [-0.4, -0.2) is 13.3 Å². The molecule has 0 atom stereocenters. The largest absolute Gasteiger partial charge is 0.520 e. The molecule has 0 saturated heterocycles. The van der Waals surface area contributed by atoms with E-state index in [0.717, 1.165) is 0 Å². The van der Waals surface area contributed by atoms with Crippen molar-refractivity contribution < 1.29 is 78.9 Å². The summed E-state index contributed by atoms with van der Waals surface area (Å²) in [7, 11) is 0. The van der Waals surface area contributed by atoms with Crippen molar-refractivity contribution in [2.45, 2.75) is 6.92 Å². The van der Waals surface area contributed by atoms with Crippen molar-refractivity contribution in [3.63, 3.8) is 0 Å². The van der Waals surface area contributed by atoms with Crippen molar-refractivity contribution in [3.8, 4) is 0 Å². The van der Waals surface area contributed by atoms with Gasteiger partial charge < -0.3 is 16.1 Å². The molecule has 0 amide bonds. The maximum atomic E-state index is 10.6. The number of alkyl halides is 1. The maximum Gasteiger partial charge on any atom is 0.0104 e. The molecule has 0 aliphatic rings. The molecule has 0 N–H and O–H groups in total. The van der Waals surface area contributed by atoms with Crippen LogP contribution >= 0.6 is 0 Å². The van der Waals surface area contributed by atoms with Crippen molar-refractivity contribution in [2.75, 3.05) is 13.3 Å². The summed E-state index contributed by atoms with van der Waals surface area (Å²) in [5.74, 6) is 0. The molecule has 0 aliphatic carbocycles. The van der Waals surface area contributed by atoms with E-state index in [1.165, 1.54) is 0 Å². The first-order chi connectivity index (χ1) is 3.83. The SMILES string of the molecule is CCO[CH-]F.[CH2-]CF.[Y].[Y]. The van der Waals surface area contributed by atoms with Crippen molar-refractivity contribution in [2.24, 2.45) is 0 Å². The van der Waals surface area contributed by atoms with Gasteiger partial charge in [0, 0.05) is 72.0 Å². The number of rotatable bonds is 2. The van der Waals surface area contributed by atoms with E-state index >= 15 is 0 Å². The van der Waals surface area contributed by atoms with Crippen molar-refractivity contribution in [1.82, 2.24) is 0 Å². The van der Waals surface area contributed by atoms with Gasteiger partial charge in [-0.25, -0.2) is 0 Å². The van der Waals surface area contributed by atoms with Gasteiger partial charge in [0.1, 0.15) is 0 Å². The number of ether oxygens (including phenoxy) is 1. The van der Waals surface area contributed by atoms with E-state index in [4.69, 9.17) is 0 Å². The molecule has 58 valence electrons. The minimum absolute atomic E-state index is 0. The molecule has 0 aliphatic heterocycles. The molecule has 5 heteroatoms. The molecule has 0 fully saturated rings. The van der Waals surface area contributed by atoms with E-state index in [0.29, 0.717) is 6.61 Å². The predicted molar refractivity (Wildman–Crippen MR) is 28.4 cm³/mol. The molecule has 0 heterocycles. The second-order valence-electron chi connectivity index (χ2n) is 0.733. The molecular formula is C5H10F2OY2-2. The van der Waals surface area contributed by atoms with Gasteiger partial charge in [0.05, 0.1) is 0 Å². The zero-order valence-corrected chi connectivity index (χ0v) is 11.7. The van der Waals surface area contributed by atoms with Crippen LogP contribution in [0.4, 0.5) is 8.78 Å². The van der Waals surface area contributed by atoms with Gasteiger partial charge in [-0.15, -0.1) is 0 Å². The third-order valence-electron chi connectivity index (χ3n) is 0.230. The van der Waals surface area contributed by atoms with Crippen LogP contribution < -0.4 is 0 Å². The van der Waals surface area contributed by atoms with Crippen molar-refractivity contribution in [1.29, 1.82) is 0 Å². The van der Waals surface area contributed by atoms with Gasteiger partial charge in [0.15, 0.2) is 0 Å². The summed E-state index contributed by atoms with van der Waals surface area (Å²) >= 11 is 0. The van der Waals surface area contributed by atoms with Crippen LogP contribution in [0.3, 0.4) is 0 Å². The van der Waals surface area contributed by atoms with E-state index in [2.05, 4.69) is 11.7 Å². The topological polar surface area (TPSA) is 9.23 Å². The van der Waals surface area contributed by atoms with Gasteiger partial charge in [-0.3, -0.25) is 4.39 Å². The van der Waals surface area contributed by atoms with Gasteiger partial charge >= 0.3 is 0 Å². The van der Waals surface area contributed by atoms with E-state index in [-0.39, 0.29) is 72.3 Å². The van der Waals surface area contributed by atoms with Crippen LogP contribution in [0.1, 0.15) is 6.92 Å². The van der Waals surface area contributed by atoms with Crippen LogP contribution in [0, 0.1) is 13.8 Å². The van der Waals surface area contributed by atoms with Crippen molar-refractivity contribution in [3.05, 3.63) is 13.8 Å². The fourth-order valence-electron chi connectivity index (χ4n) is 0.0630. The summed E-state index contributed by atoms with van der Waals surface area (Å²) in [5.41, 5.74) is 0.